The molecular formula is C35H58O5. The summed E-state index contributed by atoms with van der Waals surface area (Å²) in [6.07, 6.45) is 10.2. The van der Waals surface area contributed by atoms with Crippen LogP contribution in [0.4, 0.5) is 0 Å². The van der Waals surface area contributed by atoms with Crippen LogP contribution in [0.2, 0.25) is 0 Å². The van der Waals surface area contributed by atoms with Crippen LogP contribution < -0.4 is 0 Å². The summed E-state index contributed by atoms with van der Waals surface area (Å²) in [6, 6.07) is 0. The van der Waals surface area contributed by atoms with Gasteiger partial charge in [0.25, 0.3) is 0 Å². The van der Waals surface area contributed by atoms with Gasteiger partial charge < -0.3 is 20.1 Å². The first-order chi connectivity index (χ1) is 18.5. The first-order valence-electron chi connectivity index (χ1n) is 16.4. The standard InChI is InChI=1S/C35H58O5/c1-9-10-11-20-40-29(39)35-18-16-30(2,3)21-23(35)22-12-13-25-33(7,32(22,6)17-19-35)15-14-24-31(4,5)27(37)26(36)28(38)34(24,25)8/h12,23-28,36-38H,9-11,13-21H2,1-8H3/t23-,24-,25-,26+,27-,28-,32+,33+,34-,35-/m0/s1. The molecule has 0 bridgehead atoms. The van der Waals surface area contributed by atoms with Crippen LogP contribution in [0.25, 0.3) is 0 Å². The second kappa shape index (κ2) is 9.81. The number of rotatable bonds is 5. The number of hydrogen-bond donors (Lipinski definition) is 3. The highest BCUT2D eigenvalue weighted by atomic mass is 16.5. The van der Waals surface area contributed by atoms with Gasteiger partial charge in [0, 0.05) is 5.41 Å². The number of aliphatic hydroxyl groups is 3. The molecule has 10 atom stereocenters. The number of carbonyl (C=O) groups is 1. The van der Waals surface area contributed by atoms with Crippen LogP contribution in [0.1, 0.15) is 126 Å². The van der Waals surface area contributed by atoms with Gasteiger partial charge in [-0.3, -0.25) is 4.79 Å². The third-order valence-corrected chi connectivity index (χ3v) is 14.1. The molecule has 0 spiro atoms. The Morgan fingerprint density at radius 3 is 2.25 bits per heavy atom. The highest BCUT2D eigenvalue weighted by Crippen LogP contribution is 2.75. The highest BCUT2D eigenvalue weighted by Gasteiger charge is 2.72. The molecule has 5 nitrogen and oxygen atoms in total. The number of hydrogen-bond acceptors (Lipinski definition) is 5. The molecule has 0 aromatic carbocycles. The summed E-state index contributed by atoms with van der Waals surface area (Å²) in [4.78, 5) is 14.0. The summed E-state index contributed by atoms with van der Waals surface area (Å²) < 4.78 is 6.05. The Kier molecular flexibility index (Phi) is 7.49. The minimum absolute atomic E-state index is 0.0385. The quantitative estimate of drug-likeness (QED) is 0.196. The number of carbonyl (C=O) groups excluding carboxylic acids is 1. The summed E-state index contributed by atoms with van der Waals surface area (Å²) in [5, 5.41) is 33.8. The molecule has 0 aliphatic heterocycles. The fraction of sp³-hybridized carbons (Fsp3) is 0.914. The molecule has 0 amide bonds. The molecule has 0 radical (unpaired) electrons. The lowest BCUT2D eigenvalue weighted by Crippen LogP contribution is -2.72. The Labute approximate surface area is 243 Å². The summed E-state index contributed by atoms with van der Waals surface area (Å²) >= 11 is 0. The van der Waals surface area contributed by atoms with E-state index in [2.05, 4.69) is 61.5 Å². The smallest absolute Gasteiger partial charge is 0.312 e. The second-order valence-corrected chi connectivity index (χ2v) is 16.8. The number of esters is 1. The lowest BCUT2D eigenvalue weighted by Gasteiger charge is -2.72. The summed E-state index contributed by atoms with van der Waals surface area (Å²) in [6.45, 7) is 18.7. The second-order valence-electron chi connectivity index (χ2n) is 16.8. The van der Waals surface area contributed by atoms with E-state index in [-0.39, 0.29) is 40.0 Å². The minimum Gasteiger partial charge on any atom is -0.465 e. The Balaban J connectivity index is 1.55. The molecule has 5 aliphatic carbocycles. The summed E-state index contributed by atoms with van der Waals surface area (Å²) in [7, 11) is 0. The van der Waals surface area contributed by atoms with Crippen LogP contribution in [0.3, 0.4) is 0 Å². The Hall–Kier alpha value is -0.910. The maximum atomic E-state index is 14.0. The monoisotopic (exact) mass is 558 g/mol. The van der Waals surface area contributed by atoms with E-state index in [9.17, 15) is 20.1 Å². The summed E-state index contributed by atoms with van der Waals surface area (Å²) in [5.41, 5.74) is 0.0991. The lowest BCUT2D eigenvalue weighted by molar-refractivity contribution is -0.278. The minimum atomic E-state index is -1.14. The molecule has 5 heteroatoms. The average Bonchev–Trinajstić information content (AvgIpc) is 2.89. The third kappa shape index (κ3) is 3.99. The fourth-order valence-electron chi connectivity index (χ4n) is 11.3. The summed E-state index contributed by atoms with van der Waals surface area (Å²) in [5.74, 6) is 0.544. The van der Waals surface area contributed by atoms with Crippen molar-refractivity contribution in [2.45, 2.75) is 144 Å². The maximum absolute atomic E-state index is 14.0. The van der Waals surface area contributed by atoms with Crippen molar-refractivity contribution in [3.8, 4) is 0 Å². The van der Waals surface area contributed by atoms with Crippen LogP contribution in [0.5, 0.6) is 0 Å². The molecule has 5 rings (SSSR count). The fourth-order valence-corrected chi connectivity index (χ4v) is 11.3. The molecular weight excluding hydrogens is 500 g/mol. The van der Waals surface area contributed by atoms with E-state index in [0.717, 1.165) is 70.6 Å². The van der Waals surface area contributed by atoms with Crippen molar-refractivity contribution in [3.63, 3.8) is 0 Å². The van der Waals surface area contributed by atoms with Gasteiger partial charge in [0.2, 0.25) is 0 Å². The van der Waals surface area contributed by atoms with Crippen LogP contribution in [0, 0.1) is 50.2 Å². The van der Waals surface area contributed by atoms with Gasteiger partial charge in [0.05, 0.1) is 24.2 Å². The number of aliphatic hydroxyl groups excluding tert-OH is 3. The first-order valence-corrected chi connectivity index (χ1v) is 16.4. The van der Waals surface area contributed by atoms with Crippen molar-refractivity contribution < 1.29 is 24.9 Å². The van der Waals surface area contributed by atoms with Gasteiger partial charge in [-0.25, -0.2) is 0 Å². The molecule has 40 heavy (non-hydrogen) atoms. The Bertz CT molecular complexity index is 1030. The van der Waals surface area contributed by atoms with Crippen LogP contribution in [-0.2, 0) is 9.53 Å². The van der Waals surface area contributed by atoms with Gasteiger partial charge in [0.1, 0.15) is 6.10 Å². The van der Waals surface area contributed by atoms with E-state index in [1.165, 1.54) is 5.57 Å². The predicted molar refractivity (Wildman–Crippen MR) is 158 cm³/mol. The molecule has 4 fully saturated rings. The highest BCUT2D eigenvalue weighted by molar-refractivity contribution is 5.78. The van der Waals surface area contributed by atoms with E-state index in [0.29, 0.717) is 6.61 Å². The van der Waals surface area contributed by atoms with Gasteiger partial charge in [-0.15, -0.1) is 0 Å². The first kappa shape index (κ1) is 30.5. The van der Waals surface area contributed by atoms with Crippen molar-refractivity contribution in [1.29, 1.82) is 0 Å². The van der Waals surface area contributed by atoms with Crippen molar-refractivity contribution in [1.82, 2.24) is 0 Å². The van der Waals surface area contributed by atoms with Crippen LogP contribution >= 0.6 is 0 Å². The van der Waals surface area contributed by atoms with Crippen molar-refractivity contribution >= 4 is 5.97 Å². The maximum Gasteiger partial charge on any atom is 0.312 e. The molecule has 0 aromatic heterocycles. The molecule has 0 unspecified atom stereocenters. The van der Waals surface area contributed by atoms with E-state index >= 15 is 0 Å². The SMILES string of the molecule is CCCCCOC(=O)[C@]12CCC(C)(C)C[C@H]1C1=CC[C@@H]3[C@@]4(C)[C@@H](O)[C@H](O)[C@H](O)C(C)(C)[C@@H]4CC[C@@]3(C)[C@]1(C)CC2. The third-order valence-electron chi connectivity index (χ3n) is 14.1. The van der Waals surface area contributed by atoms with Gasteiger partial charge in [-0.05, 0) is 97.2 Å². The zero-order chi connectivity index (χ0) is 29.5. The van der Waals surface area contributed by atoms with Crippen molar-refractivity contribution in [2.75, 3.05) is 6.61 Å². The van der Waals surface area contributed by atoms with Crippen LogP contribution in [-0.4, -0.2) is 46.2 Å². The van der Waals surface area contributed by atoms with Crippen molar-refractivity contribution in [3.05, 3.63) is 11.6 Å². The number of unbranched alkanes of at least 4 members (excludes halogenated alkanes) is 2. The zero-order valence-electron chi connectivity index (χ0n) is 26.7. The van der Waals surface area contributed by atoms with Gasteiger partial charge in [-0.2, -0.15) is 0 Å². The number of fused-ring (bicyclic) bond motifs is 7. The molecule has 0 aromatic rings. The van der Waals surface area contributed by atoms with E-state index in [1.807, 2.05) is 0 Å². The average molecular weight is 559 g/mol. The molecule has 0 saturated heterocycles. The number of allylic oxidation sites excluding steroid dienone is 2. The molecule has 3 N–H and O–H groups in total. The zero-order valence-corrected chi connectivity index (χ0v) is 26.7. The predicted octanol–water partition coefficient (Wildman–Crippen LogP) is 6.82. The van der Waals surface area contributed by atoms with Gasteiger partial charge in [0.15, 0.2) is 0 Å². The van der Waals surface area contributed by atoms with Crippen molar-refractivity contribution in [2.24, 2.45) is 50.2 Å². The van der Waals surface area contributed by atoms with E-state index in [4.69, 9.17) is 4.74 Å². The van der Waals surface area contributed by atoms with E-state index < -0.39 is 34.6 Å². The topological polar surface area (TPSA) is 87.0 Å². The molecule has 4 saturated carbocycles. The van der Waals surface area contributed by atoms with E-state index in [1.54, 1.807) is 0 Å². The Morgan fingerprint density at radius 1 is 0.900 bits per heavy atom. The number of ether oxygens (including phenoxy) is 1. The Morgan fingerprint density at radius 2 is 1.57 bits per heavy atom. The normalized spacial score (nSPS) is 49.0. The van der Waals surface area contributed by atoms with Gasteiger partial charge in [-0.1, -0.05) is 79.9 Å². The largest absolute Gasteiger partial charge is 0.465 e. The molecule has 5 aliphatic rings. The molecule has 0 heterocycles. The van der Waals surface area contributed by atoms with Crippen LogP contribution in [0.15, 0.2) is 11.6 Å². The molecule has 228 valence electrons. The lowest BCUT2D eigenvalue weighted by atomic mass is 9.33. The van der Waals surface area contributed by atoms with Gasteiger partial charge >= 0.3 is 5.97 Å².